The second-order valence-electron chi connectivity index (χ2n) is 8.36. The molecule has 0 N–H and O–H groups in total. The first-order valence-electron chi connectivity index (χ1n) is 12.3. The van der Waals surface area contributed by atoms with E-state index in [0.717, 1.165) is 19.1 Å². The average Bonchev–Trinajstić information content (AvgIpc) is 2.73. The molecule has 0 radical (unpaired) electrons. The maximum atomic E-state index is 6.40. The molecular weight excluding hydrogens is 383 g/mol. The van der Waals surface area contributed by atoms with Crippen LogP contribution in [0.15, 0.2) is 0 Å². The summed E-state index contributed by atoms with van der Waals surface area (Å²) in [4.78, 5) is 0. The molecule has 0 aromatic carbocycles. The van der Waals surface area contributed by atoms with E-state index in [-0.39, 0.29) is 0 Å². The lowest BCUT2D eigenvalue weighted by molar-refractivity contribution is 0.190. The monoisotopic (exact) mass is 434 g/mol. The van der Waals surface area contributed by atoms with Crippen LogP contribution in [0.5, 0.6) is 0 Å². The molecule has 0 aromatic heterocycles. The summed E-state index contributed by atoms with van der Waals surface area (Å²) < 4.78 is 12.8. The molecule has 3 unspecified atom stereocenters. The summed E-state index contributed by atoms with van der Waals surface area (Å²) in [7, 11) is -0.804. The van der Waals surface area contributed by atoms with Crippen molar-refractivity contribution in [1.82, 2.24) is 0 Å². The van der Waals surface area contributed by atoms with E-state index in [0.29, 0.717) is 11.8 Å². The zero-order valence-corrected chi connectivity index (χ0v) is 21.7. The Hall–Kier alpha value is 0.700. The van der Waals surface area contributed by atoms with Crippen LogP contribution in [0.4, 0.5) is 0 Å². The molecule has 28 heavy (non-hydrogen) atoms. The SMILES string of the molecule is CCCCC(CC)COP(OCC(CC)CCCC)SCC(CC)CCCC. The molecule has 0 aliphatic carbocycles. The third-order valence-corrected chi connectivity index (χ3v) is 9.14. The molecule has 0 fully saturated rings. The first-order chi connectivity index (χ1) is 13.6. The van der Waals surface area contributed by atoms with E-state index < -0.39 is 7.58 Å². The molecule has 170 valence electrons. The minimum Gasteiger partial charge on any atom is -0.326 e. The van der Waals surface area contributed by atoms with Crippen LogP contribution in [0, 0.1) is 17.8 Å². The largest absolute Gasteiger partial charge is 0.326 e. The molecular formula is C24H51O2PS. The fourth-order valence-electron chi connectivity index (χ4n) is 3.30. The number of hydrogen-bond acceptors (Lipinski definition) is 3. The van der Waals surface area contributed by atoms with Gasteiger partial charge >= 0.3 is 0 Å². The van der Waals surface area contributed by atoms with Crippen molar-refractivity contribution in [3.63, 3.8) is 0 Å². The fraction of sp³-hybridized carbons (Fsp3) is 1.00. The second kappa shape index (κ2) is 21.0. The van der Waals surface area contributed by atoms with Crippen LogP contribution in [0.3, 0.4) is 0 Å². The molecule has 2 nitrogen and oxygen atoms in total. The van der Waals surface area contributed by atoms with E-state index in [2.05, 4.69) is 41.5 Å². The van der Waals surface area contributed by atoms with E-state index in [1.54, 1.807) is 0 Å². The highest BCUT2D eigenvalue weighted by atomic mass is 32.7. The standard InChI is InChI=1S/C24H51O2PS/c1-7-13-16-22(10-4)19-25-27(26-20-23(11-5)17-14-8-2)28-21-24(12-6)18-15-9-3/h22-24H,7-21H2,1-6H3. The Morgan fingerprint density at radius 2 is 1.00 bits per heavy atom. The van der Waals surface area contributed by atoms with E-state index in [9.17, 15) is 0 Å². The Balaban J connectivity index is 4.60. The molecule has 0 aliphatic heterocycles. The highest BCUT2D eigenvalue weighted by molar-refractivity contribution is 8.52. The van der Waals surface area contributed by atoms with Gasteiger partial charge in [0.2, 0.25) is 7.58 Å². The summed E-state index contributed by atoms with van der Waals surface area (Å²) in [5.74, 6) is 3.39. The van der Waals surface area contributed by atoms with Crippen molar-refractivity contribution >= 4 is 19.0 Å². The molecule has 0 heterocycles. The van der Waals surface area contributed by atoms with Crippen molar-refractivity contribution in [2.24, 2.45) is 17.8 Å². The lowest BCUT2D eigenvalue weighted by Gasteiger charge is -2.24. The smallest absolute Gasteiger partial charge is 0.238 e. The first-order valence-corrected chi connectivity index (χ1v) is 15.1. The van der Waals surface area contributed by atoms with Gasteiger partial charge in [-0.3, -0.25) is 0 Å². The van der Waals surface area contributed by atoms with Crippen LogP contribution in [-0.4, -0.2) is 19.0 Å². The molecule has 0 aromatic rings. The Bertz CT molecular complexity index is 269. The Labute approximate surface area is 183 Å². The maximum absolute atomic E-state index is 6.40. The lowest BCUT2D eigenvalue weighted by atomic mass is 10.0. The Morgan fingerprint density at radius 1 is 0.607 bits per heavy atom. The van der Waals surface area contributed by atoms with Gasteiger partial charge in [0, 0.05) is 5.75 Å². The topological polar surface area (TPSA) is 18.5 Å². The average molecular weight is 435 g/mol. The van der Waals surface area contributed by atoms with E-state index in [1.807, 2.05) is 11.4 Å². The molecule has 0 saturated heterocycles. The van der Waals surface area contributed by atoms with Gasteiger partial charge in [0.25, 0.3) is 0 Å². The van der Waals surface area contributed by atoms with E-state index in [4.69, 9.17) is 9.05 Å². The highest BCUT2D eigenvalue weighted by Crippen LogP contribution is 2.54. The van der Waals surface area contributed by atoms with Gasteiger partial charge in [-0.25, -0.2) is 0 Å². The summed E-state index contributed by atoms with van der Waals surface area (Å²) in [6.45, 7) is 15.6. The van der Waals surface area contributed by atoms with Crippen LogP contribution >= 0.6 is 19.0 Å². The quantitative estimate of drug-likeness (QED) is 0.167. The summed E-state index contributed by atoms with van der Waals surface area (Å²) in [6, 6.07) is 0. The van der Waals surface area contributed by atoms with Crippen molar-refractivity contribution in [1.29, 1.82) is 0 Å². The predicted molar refractivity (Wildman–Crippen MR) is 131 cm³/mol. The lowest BCUT2D eigenvalue weighted by Crippen LogP contribution is -2.10. The van der Waals surface area contributed by atoms with Crippen molar-refractivity contribution in [2.45, 2.75) is 119 Å². The number of unbranched alkanes of at least 4 members (excludes halogenated alkanes) is 3. The molecule has 0 amide bonds. The van der Waals surface area contributed by atoms with Crippen LogP contribution in [0.1, 0.15) is 119 Å². The molecule has 0 spiro atoms. The second-order valence-corrected chi connectivity index (χ2v) is 11.6. The number of hydrogen-bond donors (Lipinski definition) is 0. The van der Waals surface area contributed by atoms with Gasteiger partial charge in [-0.2, -0.15) is 0 Å². The molecule has 3 atom stereocenters. The molecule has 0 bridgehead atoms. The molecule has 0 rings (SSSR count). The molecule has 0 aliphatic rings. The summed E-state index contributed by atoms with van der Waals surface area (Å²) in [6.07, 6.45) is 15.5. The predicted octanol–water partition coefficient (Wildman–Crippen LogP) is 9.63. The Morgan fingerprint density at radius 3 is 1.36 bits per heavy atom. The van der Waals surface area contributed by atoms with Crippen LogP contribution in [-0.2, 0) is 9.05 Å². The van der Waals surface area contributed by atoms with E-state index >= 15 is 0 Å². The van der Waals surface area contributed by atoms with Gasteiger partial charge in [-0.1, -0.05) is 111 Å². The van der Waals surface area contributed by atoms with Crippen LogP contribution < -0.4 is 0 Å². The highest BCUT2D eigenvalue weighted by Gasteiger charge is 2.19. The summed E-state index contributed by atoms with van der Waals surface area (Å²) in [5.41, 5.74) is 0. The van der Waals surface area contributed by atoms with Crippen LogP contribution in [0.25, 0.3) is 0 Å². The van der Waals surface area contributed by atoms with Gasteiger partial charge in [0.15, 0.2) is 0 Å². The van der Waals surface area contributed by atoms with E-state index in [1.165, 1.54) is 82.8 Å². The van der Waals surface area contributed by atoms with Gasteiger partial charge in [0.05, 0.1) is 13.2 Å². The minimum absolute atomic E-state index is 0.693. The van der Waals surface area contributed by atoms with Crippen molar-refractivity contribution in [2.75, 3.05) is 19.0 Å². The van der Waals surface area contributed by atoms with Crippen molar-refractivity contribution < 1.29 is 9.05 Å². The minimum atomic E-state index is -0.804. The van der Waals surface area contributed by atoms with Crippen LogP contribution in [0.2, 0.25) is 0 Å². The molecule has 4 heteroatoms. The molecule has 0 saturated carbocycles. The van der Waals surface area contributed by atoms with Gasteiger partial charge in [-0.15, -0.1) is 0 Å². The zero-order chi connectivity index (χ0) is 21.0. The van der Waals surface area contributed by atoms with Crippen molar-refractivity contribution in [3.05, 3.63) is 0 Å². The summed E-state index contributed by atoms with van der Waals surface area (Å²) >= 11 is 1.98. The van der Waals surface area contributed by atoms with Gasteiger partial charge < -0.3 is 9.05 Å². The maximum Gasteiger partial charge on any atom is 0.238 e. The van der Waals surface area contributed by atoms with Gasteiger partial charge in [0.1, 0.15) is 0 Å². The van der Waals surface area contributed by atoms with Gasteiger partial charge in [-0.05, 0) is 37.0 Å². The number of rotatable bonds is 21. The Kier molecular flexibility index (Phi) is 21.5. The zero-order valence-electron chi connectivity index (χ0n) is 20.0. The third kappa shape index (κ3) is 15.5. The normalized spacial score (nSPS) is 16.1. The summed E-state index contributed by atoms with van der Waals surface area (Å²) in [5, 5.41) is 0. The van der Waals surface area contributed by atoms with Crippen molar-refractivity contribution in [3.8, 4) is 0 Å². The third-order valence-electron chi connectivity index (χ3n) is 5.88. The first kappa shape index (κ1) is 28.7. The fourth-order valence-corrected chi connectivity index (χ4v) is 6.74.